The summed E-state index contributed by atoms with van der Waals surface area (Å²) < 4.78 is 9.97. The van der Waals surface area contributed by atoms with Gasteiger partial charge in [0.05, 0.1) is 20.1 Å². The Kier molecular flexibility index (Phi) is 6.52. The number of rotatable bonds is 8. The number of hydrogen-bond donors (Lipinski definition) is 1. The maximum atomic E-state index is 12.3. The third-order valence-corrected chi connectivity index (χ3v) is 2.79. The minimum absolute atomic E-state index is 0.0917. The van der Waals surface area contributed by atoms with Gasteiger partial charge in [0.1, 0.15) is 5.75 Å². The lowest BCUT2D eigenvalue weighted by Gasteiger charge is -2.21. The molecule has 0 spiro atoms. The van der Waals surface area contributed by atoms with E-state index in [9.17, 15) is 9.59 Å². The van der Waals surface area contributed by atoms with Crippen LogP contribution in [0.3, 0.4) is 0 Å². The molecule has 0 atom stereocenters. The molecule has 6 heteroatoms. The van der Waals surface area contributed by atoms with Gasteiger partial charge < -0.3 is 19.5 Å². The minimum Gasteiger partial charge on any atom is -0.497 e. The molecule has 110 valence electrons. The van der Waals surface area contributed by atoms with Crippen LogP contribution in [0.2, 0.25) is 0 Å². The van der Waals surface area contributed by atoms with Gasteiger partial charge in [-0.15, -0.1) is 0 Å². The molecule has 20 heavy (non-hydrogen) atoms. The number of amides is 1. The van der Waals surface area contributed by atoms with E-state index in [2.05, 4.69) is 0 Å². The molecule has 0 unspecified atom stereocenters. The second-order valence-corrected chi connectivity index (χ2v) is 4.16. The molecule has 1 N–H and O–H groups in total. The molecule has 6 nitrogen and oxygen atoms in total. The normalized spacial score (nSPS) is 10.1. The Balaban J connectivity index is 2.76. The predicted molar refractivity (Wildman–Crippen MR) is 73.0 cm³/mol. The van der Waals surface area contributed by atoms with Crippen molar-refractivity contribution in [2.45, 2.75) is 6.42 Å². The van der Waals surface area contributed by atoms with Gasteiger partial charge in [-0.1, -0.05) is 0 Å². The largest absolute Gasteiger partial charge is 0.497 e. The molecule has 0 radical (unpaired) electrons. The van der Waals surface area contributed by atoms with Crippen molar-refractivity contribution in [2.75, 3.05) is 33.9 Å². The first kappa shape index (κ1) is 16.0. The number of carboxylic acid groups (broad SMARTS) is 1. The van der Waals surface area contributed by atoms with Crippen LogP contribution in [0.5, 0.6) is 5.75 Å². The smallest absolute Gasteiger partial charge is 0.305 e. The third kappa shape index (κ3) is 4.89. The molecule has 1 amide bonds. The number of carbonyl (C=O) groups is 2. The zero-order valence-corrected chi connectivity index (χ0v) is 11.7. The average Bonchev–Trinajstić information content (AvgIpc) is 2.46. The molecule has 0 aliphatic carbocycles. The molecule has 0 saturated carbocycles. The quantitative estimate of drug-likeness (QED) is 0.776. The van der Waals surface area contributed by atoms with Crippen LogP contribution in [0, 0.1) is 0 Å². The summed E-state index contributed by atoms with van der Waals surface area (Å²) in [5.74, 6) is -0.489. The Morgan fingerprint density at radius 1 is 1.15 bits per heavy atom. The van der Waals surface area contributed by atoms with Gasteiger partial charge in [0, 0.05) is 25.8 Å². The van der Waals surface area contributed by atoms with Gasteiger partial charge in [-0.2, -0.15) is 0 Å². The first-order valence-corrected chi connectivity index (χ1v) is 6.22. The van der Waals surface area contributed by atoms with E-state index < -0.39 is 5.97 Å². The highest BCUT2D eigenvalue weighted by Gasteiger charge is 2.16. The standard InChI is InChI=1S/C14H19NO5/c1-19-10-9-15(8-7-13(16)17)14(18)11-3-5-12(20-2)6-4-11/h3-6H,7-10H2,1-2H3,(H,16,17). The maximum absolute atomic E-state index is 12.3. The lowest BCUT2D eigenvalue weighted by atomic mass is 10.2. The number of ether oxygens (including phenoxy) is 2. The summed E-state index contributed by atoms with van der Waals surface area (Å²) in [4.78, 5) is 24.4. The molecule has 0 aromatic heterocycles. The fourth-order valence-corrected chi connectivity index (χ4v) is 1.66. The number of benzene rings is 1. The van der Waals surface area contributed by atoms with Gasteiger partial charge in [0.2, 0.25) is 0 Å². The predicted octanol–water partition coefficient (Wildman–Crippen LogP) is 1.26. The SMILES string of the molecule is COCCN(CCC(=O)O)C(=O)c1ccc(OC)cc1. The van der Waals surface area contributed by atoms with Crippen LogP contribution >= 0.6 is 0 Å². The third-order valence-electron chi connectivity index (χ3n) is 2.79. The average molecular weight is 281 g/mol. The van der Waals surface area contributed by atoms with Crippen LogP contribution in [-0.2, 0) is 9.53 Å². The highest BCUT2D eigenvalue weighted by atomic mass is 16.5. The first-order valence-electron chi connectivity index (χ1n) is 6.22. The fraction of sp³-hybridized carbons (Fsp3) is 0.429. The van der Waals surface area contributed by atoms with E-state index in [4.69, 9.17) is 14.6 Å². The summed E-state index contributed by atoms with van der Waals surface area (Å²) in [6.07, 6.45) is -0.0917. The number of carbonyl (C=O) groups excluding carboxylic acids is 1. The van der Waals surface area contributed by atoms with E-state index in [1.165, 1.54) is 12.0 Å². The minimum atomic E-state index is -0.935. The molecule has 0 saturated heterocycles. The molecule has 1 aromatic rings. The van der Waals surface area contributed by atoms with E-state index in [0.29, 0.717) is 24.5 Å². The van der Waals surface area contributed by atoms with Crippen molar-refractivity contribution in [2.24, 2.45) is 0 Å². The Hall–Kier alpha value is -2.08. The lowest BCUT2D eigenvalue weighted by molar-refractivity contribution is -0.137. The van der Waals surface area contributed by atoms with Crippen molar-refractivity contribution < 1.29 is 24.2 Å². The van der Waals surface area contributed by atoms with E-state index in [-0.39, 0.29) is 18.9 Å². The molecule has 1 rings (SSSR count). The molecule has 0 fully saturated rings. The Morgan fingerprint density at radius 3 is 2.30 bits per heavy atom. The second-order valence-electron chi connectivity index (χ2n) is 4.16. The van der Waals surface area contributed by atoms with Gasteiger partial charge >= 0.3 is 5.97 Å². The van der Waals surface area contributed by atoms with Gasteiger partial charge in [-0.05, 0) is 24.3 Å². The number of nitrogens with zero attached hydrogens (tertiary/aromatic N) is 1. The topological polar surface area (TPSA) is 76.1 Å². The van der Waals surface area contributed by atoms with Gasteiger partial charge in [-0.3, -0.25) is 9.59 Å². The zero-order valence-electron chi connectivity index (χ0n) is 11.7. The summed E-state index contributed by atoms with van der Waals surface area (Å²) in [5.41, 5.74) is 0.493. The summed E-state index contributed by atoms with van der Waals surface area (Å²) in [5, 5.41) is 8.72. The van der Waals surface area contributed by atoms with E-state index in [1.807, 2.05) is 0 Å². The summed E-state index contributed by atoms with van der Waals surface area (Å²) in [7, 11) is 3.09. The Morgan fingerprint density at radius 2 is 1.80 bits per heavy atom. The molecule has 0 aliphatic heterocycles. The van der Waals surface area contributed by atoms with Crippen molar-refractivity contribution >= 4 is 11.9 Å². The van der Waals surface area contributed by atoms with Crippen LogP contribution in [0.4, 0.5) is 0 Å². The van der Waals surface area contributed by atoms with Crippen molar-refractivity contribution in [3.8, 4) is 5.75 Å². The van der Waals surface area contributed by atoms with Crippen LogP contribution in [0.15, 0.2) is 24.3 Å². The Labute approximate surface area is 117 Å². The summed E-state index contributed by atoms with van der Waals surface area (Å²) in [6.45, 7) is 0.875. The van der Waals surface area contributed by atoms with Crippen LogP contribution in [-0.4, -0.2) is 55.8 Å². The molecule has 0 aliphatic rings. The maximum Gasteiger partial charge on any atom is 0.305 e. The van der Waals surface area contributed by atoms with Crippen LogP contribution in [0.25, 0.3) is 0 Å². The number of aliphatic carboxylic acids is 1. The van der Waals surface area contributed by atoms with Crippen molar-refractivity contribution in [1.29, 1.82) is 0 Å². The van der Waals surface area contributed by atoms with Crippen molar-refractivity contribution in [1.82, 2.24) is 4.90 Å². The first-order chi connectivity index (χ1) is 9.58. The van der Waals surface area contributed by atoms with Gasteiger partial charge in [-0.25, -0.2) is 0 Å². The van der Waals surface area contributed by atoms with Crippen molar-refractivity contribution in [3.63, 3.8) is 0 Å². The molecule has 0 heterocycles. The van der Waals surface area contributed by atoms with Crippen LogP contribution < -0.4 is 4.74 Å². The van der Waals surface area contributed by atoms with Crippen LogP contribution in [0.1, 0.15) is 16.8 Å². The fourth-order valence-electron chi connectivity index (χ4n) is 1.66. The molecular formula is C14H19NO5. The summed E-state index contributed by atoms with van der Waals surface area (Å²) in [6, 6.07) is 6.70. The van der Waals surface area contributed by atoms with Gasteiger partial charge in [0.15, 0.2) is 0 Å². The van der Waals surface area contributed by atoms with E-state index in [0.717, 1.165) is 0 Å². The Bertz CT molecular complexity index is 443. The molecule has 0 bridgehead atoms. The zero-order chi connectivity index (χ0) is 15.0. The summed E-state index contributed by atoms with van der Waals surface area (Å²) >= 11 is 0. The lowest BCUT2D eigenvalue weighted by Crippen LogP contribution is -2.35. The van der Waals surface area contributed by atoms with Gasteiger partial charge in [0.25, 0.3) is 5.91 Å². The number of methoxy groups -OCH3 is 2. The number of carboxylic acids is 1. The van der Waals surface area contributed by atoms with Crippen molar-refractivity contribution in [3.05, 3.63) is 29.8 Å². The highest BCUT2D eigenvalue weighted by molar-refractivity contribution is 5.94. The second kappa shape index (κ2) is 8.16. The molecule has 1 aromatic carbocycles. The van der Waals surface area contributed by atoms with E-state index >= 15 is 0 Å². The van der Waals surface area contributed by atoms with E-state index in [1.54, 1.807) is 31.4 Å². The molecular weight excluding hydrogens is 262 g/mol. The number of hydrogen-bond acceptors (Lipinski definition) is 4. The monoisotopic (exact) mass is 281 g/mol. The highest BCUT2D eigenvalue weighted by Crippen LogP contribution is 2.13.